The highest BCUT2D eigenvalue weighted by molar-refractivity contribution is 5.85. The van der Waals surface area contributed by atoms with Crippen molar-refractivity contribution in [1.82, 2.24) is 0 Å². The van der Waals surface area contributed by atoms with Gasteiger partial charge < -0.3 is 14.9 Å². The van der Waals surface area contributed by atoms with Crippen LogP contribution >= 0.6 is 0 Å². The summed E-state index contributed by atoms with van der Waals surface area (Å²) in [5, 5.41) is 20.8. The lowest BCUT2D eigenvalue weighted by molar-refractivity contribution is -0.162. The Kier molecular flexibility index (Phi) is 2.53. The fourth-order valence-electron chi connectivity index (χ4n) is 7.66. The molecule has 0 radical (unpaired) electrons. The van der Waals surface area contributed by atoms with Crippen molar-refractivity contribution in [2.75, 3.05) is 0 Å². The van der Waals surface area contributed by atoms with Gasteiger partial charge in [-0.2, -0.15) is 0 Å². The summed E-state index contributed by atoms with van der Waals surface area (Å²) in [6.07, 6.45) is 3.81. The number of aliphatic hydroxyl groups excluding tert-OH is 1. The molecule has 1 aliphatic heterocycles. The largest absolute Gasteiger partial charge is 0.481 e. The molecule has 5 nitrogen and oxygen atoms in total. The van der Waals surface area contributed by atoms with Crippen LogP contribution in [0.5, 0.6) is 0 Å². The maximum Gasteiger partial charge on any atom is 0.315 e. The number of hydrogen-bond donors (Lipinski definition) is 2. The van der Waals surface area contributed by atoms with E-state index in [1.54, 1.807) is 6.92 Å². The van der Waals surface area contributed by atoms with E-state index >= 15 is 0 Å². The zero-order chi connectivity index (χ0) is 17.1. The van der Waals surface area contributed by atoms with E-state index in [4.69, 9.17) is 4.74 Å². The number of rotatable bonds is 1. The van der Waals surface area contributed by atoms with Gasteiger partial charge in [-0.3, -0.25) is 9.59 Å². The summed E-state index contributed by atoms with van der Waals surface area (Å²) in [7, 11) is 0. The molecule has 5 heteroatoms. The van der Waals surface area contributed by atoms with Gasteiger partial charge >= 0.3 is 11.9 Å². The molecule has 1 saturated heterocycles. The topological polar surface area (TPSA) is 83.8 Å². The number of aliphatic carboxylic acids is 1. The number of allylic oxidation sites excluding steroid dienone is 1. The van der Waals surface area contributed by atoms with Crippen molar-refractivity contribution in [3.05, 3.63) is 12.2 Å². The molecule has 24 heavy (non-hydrogen) atoms. The Morgan fingerprint density at radius 3 is 2.79 bits per heavy atom. The van der Waals surface area contributed by atoms with Crippen LogP contribution in [0.25, 0.3) is 0 Å². The zero-order valence-corrected chi connectivity index (χ0v) is 14.0. The van der Waals surface area contributed by atoms with Crippen molar-refractivity contribution in [1.29, 1.82) is 0 Å². The quantitative estimate of drug-likeness (QED) is 0.568. The Hall–Kier alpha value is -1.36. The minimum Gasteiger partial charge on any atom is -0.481 e. The predicted octanol–water partition coefficient (Wildman–Crippen LogP) is 2.14. The fraction of sp³-hybridized carbons (Fsp3) is 0.789. The Labute approximate surface area is 141 Å². The molecule has 4 saturated carbocycles. The van der Waals surface area contributed by atoms with Gasteiger partial charge in [-0.15, -0.1) is 0 Å². The summed E-state index contributed by atoms with van der Waals surface area (Å²) < 4.78 is 6.01. The highest BCUT2D eigenvalue weighted by Crippen LogP contribution is 2.77. The molecule has 4 bridgehead atoms. The number of carbonyl (C=O) groups excluding carboxylic acids is 1. The minimum absolute atomic E-state index is 0.0878. The third kappa shape index (κ3) is 1.29. The predicted molar refractivity (Wildman–Crippen MR) is 83.8 cm³/mol. The molecule has 0 aromatic rings. The van der Waals surface area contributed by atoms with Crippen LogP contribution in [-0.4, -0.2) is 33.9 Å². The lowest BCUT2D eigenvalue weighted by Crippen LogP contribution is -2.53. The van der Waals surface area contributed by atoms with E-state index in [2.05, 4.69) is 6.58 Å². The first kappa shape index (κ1) is 14.9. The minimum atomic E-state index is -1.09. The highest BCUT2D eigenvalue weighted by Gasteiger charge is 2.83. The highest BCUT2D eigenvalue weighted by atomic mass is 16.6. The molecule has 0 aromatic carbocycles. The number of carbonyl (C=O) groups is 2. The average Bonchev–Trinajstić information content (AvgIpc) is 2.98. The standard InChI is InChI=1S/C19H24O5/c1-9-7-18-8-10(9)3-4-11(18)19-6-5-12(20)17(2,16(23)24-19)14(19)13(18)15(21)22/h10-14,20H,1,3-8H2,2H3,(H,21,22)/t10?,11?,12?,13?,14?,17-,18?,19?/m1/s1. The first-order valence-electron chi connectivity index (χ1n) is 9.09. The molecule has 0 aromatic heterocycles. The molecule has 0 amide bonds. The molecule has 1 heterocycles. The third-order valence-electron chi connectivity index (χ3n) is 8.46. The lowest BCUT2D eigenvalue weighted by Gasteiger charge is -2.44. The normalized spacial score (nSPS) is 57.5. The molecule has 5 rings (SSSR count). The first-order valence-corrected chi connectivity index (χ1v) is 9.09. The van der Waals surface area contributed by atoms with E-state index < -0.39 is 40.9 Å². The molecule has 1 spiro atoms. The molecule has 7 unspecified atom stereocenters. The fourth-order valence-corrected chi connectivity index (χ4v) is 7.66. The molecule has 5 fully saturated rings. The second-order valence-corrected chi connectivity index (χ2v) is 9.07. The van der Waals surface area contributed by atoms with Crippen molar-refractivity contribution in [3.8, 4) is 0 Å². The van der Waals surface area contributed by atoms with Gasteiger partial charge in [0, 0.05) is 11.8 Å². The molecule has 5 aliphatic rings. The second-order valence-electron chi connectivity index (χ2n) is 9.07. The van der Waals surface area contributed by atoms with E-state index in [9.17, 15) is 19.8 Å². The van der Waals surface area contributed by atoms with Crippen molar-refractivity contribution in [2.45, 2.75) is 57.2 Å². The number of carboxylic acids is 1. The van der Waals surface area contributed by atoms with Gasteiger partial charge in [-0.1, -0.05) is 12.2 Å². The van der Waals surface area contributed by atoms with Crippen LogP contribution in [-0.2, 0) is 14.3 Å². The maximum absolute atomic E-state index is 12.7. The molecule has 8 atom stereocenters. The second kappa shape index (κ2) is 4.06. The van der Waals surface area contributed by atoms with Crippen LogP contribution in [0.2, 0.25) is 0 Å². The zero-order valence-electron chi connectivity index (χ0n) is 14.0. The monoisotopic (exact) mass is 332 g/mol. The van der Waals surface area contributed by atoms with Crippen molar-refractivity contribution in [3.63, 3.8) is 0 Å². The van der Waals surface area contributed by atoms with Crippen LogP contribution in [0, 0.1) is 34.5 Å². The smallest absolute Gasteiger partial charge is 0.315 e. The number of hydrogen-bond acceptors (Lipinski definition) is 4. The number of ether oxygens (including phenoxy) is 1. The number of carboxylic acid groups (broad SMARTS) is 1. The Bertz CT molecular complexity index is 685. The van der Waals surface area contributed by atoms with E-state index in [1.807, 2.05) is 0 Å². The SMILES string of the molecule is C=C1CC23CC1CCC2C12CCC(O)[C@@](C)(C(=O)O1)C2C3C(=O)O. The molecule has 4 aliphatic carbocycles. The average molecular weight is 332 g/mol. The Morgan fingerprint density at radius 1 is 1.33 bits per heavy atom. The summed E-state index contributed by atoms with van der Waals surface area (Å²) in [5.74, 6) is -1.78. The van der Waals surface area contributed by atoms with Crippen molar-refractivity contribution in [2.24, 2.45) is 34.5 Å². The summed E-state index contributed by atoms with van der Waals surface area (Å²) in [6, 6.07) is 0. The molecule has 2 N–H and O–H groups in total. The summed E-state index contributed by atoms with van der Waals surface area (Å²) in [5.41, 5.74) is -0.953. The van der Waals surface area contributed by atoms with Gasteiger partial charge in [0.05, 0.1) is 17.4 Å². The molecular formula is C19H24O5. The van der Waals surface area contributed by atoms with Gasteiger partial charge in [0.15, 0.2) is 0 Å². The number of aliphatic hydroxyl groups is 1. The van der Waals surface area contributed by atoms with Gasteiger partial charge in [-0.25, -0.2) is 0 Å². The Morgan fingerprint density at radius 2 is 2.08 bits per heavy atom. The van der Waals surface area contributed by atoms with Gasteiger partial charge in [0.1, 0.15) is 5.60 Å². The van der Waals surface area contributed by atoms with Crippen LogP contribution in [0.4, 0.5) is 0 Å². The first-order chi connectivity index (χ1) is 11.3. The van der Waals surface area contributed by atoms with Gasteiger partial charge in [0.25, 0.3) is 0 Å². The molecule has 130 valence electrons. The van der Waals surface area contributed by atoms with E-state index in [1.165, 1.54) is 5.57 Å². The molecular weight excluding hydrogens is 308 g/mol. The van der Waals surface area contributed by atoms with Gasteiger partial charge in [-0.05, 0) is 56.8 Å². The number of esters is 1. The van der Waals surface area contributed by atoms with Crippen LogP contribution in [0.1, 0.15) is 45.4 Å². The van der Waals surface area contributed by atoms with E-state index in [0.717, 1.165) is 25.7 Å². The van der Waals surface area contributed by atoms with E-state index in [-0.39, 0.29) is 11.3 Å². The van der Waals surface area contributed by atoms with Crippen LogP contribution < -0.4 is 0 Å². The van der Waals surface area contributed by atoms with Crippen LogP contribution in [0.3, 0.4) is 0 Å². The summed E-state index contributed by atoms with van der Waals surface area (Å²) >= 11 is 0. The third-order valence-corrected chi connectivity index (χ3v) is 8.46. The lowest BCUT2D eigenvalue weighted by atomic mass is 9.59. The van der Waals surface area contributed by atoms with Gasteiger partial charge in [0.2, 0.25) is 0 Å². The Balaban J connectivity index is 1.76. The van der Waals surface area contributed by atoms with Crippen molar-refractivity contribution >= 4 is 11.9 Å². The van der Waals surface area contributed by atoms with Crippen molar-refractivity contribution < 1.29 is 24.5 Å². The summed E-state index contributed by atoms with van der Waals surface area (Å²) in [6.45, 7) is 5.95. The van der Waals surface area contributed by atoms with Crippen LogP contribution in [0.15, 0.2) is 12.2 Å². The van der Waals surface area contributed by atoms with E-state index in [0.29, 0.717) is 18.8 Å². The maximum atomic E-state index is 12.7. The summed E-state index contributed by atoms with van der Waals surface area (Å²) in [4.78, 5) is 25.1. The number of fused-ring (bicyclic) bond motifs is 1.